The smallest absolute Gasteiger partial charge is 0.0506 e. The van der Waals surface area contributed by atoms with Crippen molar-refractivity contribution in [3.8, 4) is 0 Å². The quantitative estimate of drug-likeness (QED) is 0.632. The highest BCUT2D eigenvalue weighted by atomic mass is 16.5. The van der Waals surface area contributed by atoms with Gasteiger partial charge in [0.05, 0.1) is 13.2 Å². The highest BCUT2D eigenvalue weighted by Crippen LogP contribution is 2.16. The molecule has 0 unspecified atom stereocenters. The van der Waals surface area contributed by atoms with Gasteiger partial charge < -0.3 is 14.8 Å². The molecule has 0 aromatic carbocycles. The normalized spacial score (nSPS) is 31.1. The van der Waals surface area contributed by atoms with Crippen LogP contribution < -0.4 is 5.32 Å². The van der Waals surface area contributed by atoms with E-state index in [1.54, 1.807) is 14.2 Å². The lowest BCUT2D eigenvalue weighted by Crippen LogP contribution is -2.21. The first-order chi connectivity index (χ1) is 5.38. The molecule has 0 aliphatic carbocycles. The molecule has 0 radical (unpaired) electrons. The van der Waals surface area contributed by atoms with Gasteiger partial charge in [-0.05, 0) is 0 Å². The lowest BCUT2D eigenvalue weighted by molar-refractivity contribution is 0.0937. The second kappa shape index (κ2) is 4.70. The van der Waals surface area contributed by atoms with Gasteiger partial charge in [0, 0.05) is 39.1 Å². The van der Waals surface area contributed by atoms with E-state index in [-0.39, 0.29) is 0 Å². The summed E-state index contributed by atoms with van der Waals surface area (Å²) in [5.74, 6) is 1.28. The molecule has 0 amide bonds. The van der Waals surface area contributed by atoms with Gasteiger partial charge in [0.2, 0.25) is 0 Å². The Hall–Kier alpha value is -0.120. The number of nitrogens with one attached hydrogen (secondary N) is 1. The van der Waals surface area contributed by atoms with Gasteiger partial charge in [-0.2, -0.15) is 0 Å². The third-order valence-electron chi connectivity index (χ3n) is 2.24. The third-order valence-corrected chi connectivity index (χ3v) is 2.24. The van der Waals surface area contributed by atoms with E-state index < -0.39 is 0 Å². The monoisotopic (exact) mass is 159 g/mol. The average molecular weight is 159 g/mol. The molecule has 0 spiro atoms. The van der Waals surface area contributed by atoms with E-state index in [9.17, 15) is 0 Å². The standard InChI is InChI=1S/C8H17NO2/c1-10-5-7-3-9-4-8(7)6-11-2/h7-9H,3-6H2,1-2H3/t7-,8+. The minimum atomic E-state index is 0.639. The highest BCUT2D eigenvalue weighted by Gasteiger charge is 2.26. The predicted molar refractivity (Wildman–Crippen MR) is 43.6 cm³/mol. The lowest BCUT2D eigenvalue weighted by atomic mass is 9.98. The number of ether oxygens (including phenoxy) is 2. The number of hydrogen-bond donors (Lipinski definition) is 1. The van der Waals surface area contributed by atoms with Crippen LogP contribution in [0, 0.1) is 11.8 Å². The minimum absolute atomic E-state index is 0.639. The third kappa shape index (κ3) is 2.43. The first-order valence-corrected chi connectivity index (χ1v) is 4.07. The van der Waals surface area contributed by atoms with Crippen molar-refractivity contribution in [2.75, 3.05) is 40.5 Å². The largest absolute Gasteiger partial charge is 0.384 e. The maximum atomic E-state index is 5.11. The molecular weight excluding hydrogens is 142 g/mol. The molecule has 1 aliphatic rings. The molecule has 1 N–H and O–H groups in total. The zero-order chi connectivity index (χ0) is 8.10. The fourth-order valence-corrected chi connectivity index (χ4v) is 1.61. The van der Waals surface area contributed by atoms with Gasteiger partial charge in [0.25, 0.3) is 0 Å². The van der Waals surface area contributed by atoms with Crippen molar-refractivity contribution < 1.29 is 9.47 Å². The second-order valence-corrected chi connectivity index (χ2v) is 3.09. The fraction of sp³-hybridized carbons (Fsp3) is 1.00. The lowest BCUT2D eigenvalue weighted by Gasteiger charge is -2.15. The van der Waals surface area contributed by atoms with Crippen molar-refractivity contribution in [3.05, 3.63) is 0 Å². The van der Waals surface area contributed by atoms with Crippen LogP contribution >= 0.6 is 0 Å². The van der Waals surface area contributed by atoms with Gasteiger partial charge >= 0.3 is 0 Å². The van der Waals surface area contributed by atoms with Gasteiger partial charge in [-0.15, -0.1) is 0 Å². The van der Waals surface area contributed by atoms with Gasteiger partial charge in [0.1, 0.15) is 0 Å². The van der Waals surface area contributed by atoms with Crippen LogP contribution in [0.4, 0.5) is 0 Å². The summed E-state index contributed by atoms with van der Waals surface area (Å²) < 4.78 is 10.2. The molecule has 1 aliphatic heterocycles. The SMILES string of the molecule is COC[C@H]1CNC[C@H]1COC. The van der Waals surface area contributed by atoms with Gasteiger partial charge in [-0.25, -0.2) is 0 Å². The summed E-state index contributed by atoms with van der Waals surface area (Å²) in [4.78, 5) is 0. The summed E-state index contributed by atoms with van der Waals surface area (Å²) in [5, 5.41) is 3.33. The van der Waals surface area contributed by atoms with E-state index in [1.807, 2.05) is 0 Å². The summed E-state index contributed by atoms with van der Waals surface area (Å²) in [7, 11) is 3.50. The Balaban J connectivity index is 2.25. The molecule has 0 bridgehead atoms. The Morgan fingerprint density at radius 1 is 1.09 bits per heavy atom. The zero-order valence-corrected chi connectivity index (χ0v) is 7.30. The molecule has 3 nitrogen and oxygen atoms in total. The van der Waals surface area contributed by atoms with Crippen molar-refractivity contribution in [1.29, 1.82) is 0 Å². The second-order valence-electron chi connectivity index (χ2n) is 3.09. The number of methoxy groups -OCH3 is 2. The van der Waals surface area contributed by atoms with Crippen molar-refractivity contribution >= 4 is 0 Å². The van der Waals surface area contributed by atoms with Gasteiger partial charge in [-0.1, -0.05) is 0 Å². The Bertz CT molecular complexity index is 96.3. The van der Waals surface area contributed by atoms with Crippen LogP contribution in [-0.4, -0.2) is 40.5 Å². The molecule has 3 heteroatoms. The van der Waals surface area contributed by atoms with Crippen LogP contribution in [-0.2, 0) is 9.47 Å². The molecule has 1 heterocycles. The summed E-state index contributed by atoms with van der Waals surface area (Å²) in [6.07, 6.45) is 0. The van der Waals surface area contributed by atoms with E-state index in [0.29, 0.717) is 11.8 Å². The van der Waals surface area contributed by atoms with E-state index in [0.717, 1.165) is 26.3 Å². The van der Waals surface area contributed by atoms with Gasteiger partial charge in [-0.3, -0.25) is 0 Å². The topological polar surface area (TPSA) is 30.5 Å². The first kappa shape index (κ1) is 8.97. The number of rotatable bonds is 4. The molecule has 0 aromatic heterocycles. The molecule has 11 heavy (non-hydrogen) atoms. The molecule has 0 aromatic rings. The summed E-state index contributed by atoms with van der Waals surface area (Å²) in [6.45, 7) is 3.84. The molecular formula is C8H17NO2. The van der Waals surface area contributed by atoms with Crippen LogP contribution in [0.3, 0.4) is 0 Å². The Kier molecular flexibility index (Phi) is 3.83. The van der Waals surface area contributed by atoms with Crippen molar-refractivity contribution in [2.24, 2.45) is 11.8 Å². The molecule has 1 fully saturated rings. The Morgan fingerprint density at radius 3 is 1.91 bits per heavy atom. The molecule has 2 atom stereocenters. The van der Waals surface area contributed by atoms with Gasteiger partial charge in [0.15, 0.2) is 0 Å². The van der Waals surface area contributed by atoms with Crippen molar-refractivity contribution in [3.63, 3.8) is 0 Å². The fourth-order valence-electron chi connectivity index (χ4n) is 1.61. The van der Waals surface area contributed by atoms with E-state index >= 15 is 0 Å². The Morgan fingerprint density at radius 2 is 1.55 bits per heavy atom. The van der Waals surface area contributed by atoms with Crippen molar-refractivity contribution in [1.82, 2.24) is 5.32 Å². The Labute approximate surface area is 68.1 Å². The molecule has 0 saturated carbocycles. The van der Waals surface area contributed by atoms with E-state index in [4.69, 9.17) is 9.47 Å². The highest BCUT2D eigenvalue weighted by molar-refractivity contribution is 4.80. The van der Waals surface area contributed by atoms with Crippen LogP contribution in [0.2, 0.25) is 0 Å². The van der Waals surface area contributed by atoms with Crippen molar-refractivity contribution in [2.45, 2.75) is 0 Å². The van der Waals surface area contributed by atoms with E-state index in [1.165, 1.54) is 0 Å². The minimum Gasteiger partial charge on any atom is -0.384 e. The van der Waals surface area contributed by atoms with E-state index in [2.05, 4.69) is 5.32 Å². The van der Waals surface area contributed by atoms with Crippen LogP contribution in [0.1, 0.15) is 0 Å². The maximum Gasteiger partial charge on any atom is 0.0506 e. The number of hydrogen-bond acceptors (Lipinski definition) is 3. The summed E-state index contributed by atoms with van der Waals surface area (Å²) in [5.41, 5.74) is 0. The van der Waals surface area contributed by atoms with Crippen LogP contribution in [0.15, 0.2) is 0 Å². The summed E-state index contributed by atoms with van der Waals surface area (Å²) in [6, 6.07) is 0. The predicted octanol–water partition coefficient (Wildman–Crippen LogP) is 0.115. The molecule has 1 saturated heterocycles. The molecule has 66 valence electrons. The zero-order valence-electron chi connectivity index (χ0n) is 7.30. The van der Waals surface area contributed by atoms with Crippen LogP contribution in [0.25, 0.3) is 0 Å². The molecule has 1 rings (SSSR count). The maximum absolute atomic E-state index is 5.11. The average Bonchev–Trinajstić information content (AvgIpc) is 2.39. The first-order valence-electron chi connectivity index (χ1n) is 4.07. The summed E-state index contributed by atoms with van der Waals surface area (Å²) >= 11 is 0. The van der Waals surface area contributed by atoms with Crippen LogP contribution in [0.5, 0.6) is 0 Å².